The first-order valence-corrected chi connectivity index (χ1v) is 15.9. The van der Waals surface area contributed by atoms with Crippen LogP contribution in [0.4, 0.5) is 4.79 Å². The molecule has 0 aromatic heterocycles. The van der Waals surface area contributed by atoms with Gasteiger partial charge in [-0.3, -0.25) is 25.0 Å². The summed E-state index contributed by atoms with van der Waals surface area (Å²) in [5.41, 5.74) is 0.483. The SMILES string of the molecule is CC(=O)N(O)C(=N)c1ccc(Oc2cc(Oc3ccc(C(=O)N(C)C)cc3)cc(C(=O)NC3CCC(NC(=O)OC(C)(C)C)CC3)c2)cc1. The first kappa shape index (κ1) is 36.4. The van der Waals surface area contributed by atoms with Crippen molar-refractivity contribution in [2.45, 2.75) is 71.1 Å². The zero-order chi connectivity index (χ0) is 35.9. The third kappa shape index (κ3) is 10.5. The molecule has 1 saturated carbocycles. The Hall–Kier alpha value is -5.43. The molecule has 0 atom stereocenters. The van der Waals surface area contributed by atoms with Crippen LogP contribution >= 0.6 is 0 Å². The van der Waals surface area contributed by atoms with Crippen molar-refractivity contribution in [1.82, 2.24) is 20.6 Å². The summed E-state index contributed by atoms with van der Waals surface area (Å²) in [6.07, 6.45) is 2.24. The average Bonchev–Trinajstić information content (AvgIpc) is 3.04. The molecular weight excluding hydrogens is 630 g/mol. The molecule has 0 unspecified atom stereocenters. The van der Waals surface area contributed by atoms with E-state index in [0.717, 1.165) is 6.92 Å². The van der Waals surface area contributed by atoms with Gasteiger partial charge in [-0.2, -0.15) is 5.06 Å². The molecule has 0 spiro atoms. The van der Waals surface area contributed by atoms with Crippen LogP contribution in [-0.4, -0.2) is 76.6 Å². The van der Waals surface area contributed by atoms with Gasteiger partial charge in [0.1, 0.15) is 28.6 Å². The minimum absolute atomic E-state index is 0.0443. The van der Waals surface area contributed by atoms with E-state index in [4.69, 9.17) is 19.6 Å². The van der Waals surface area contributed by atoms with Gasteiger partial charge in [-0.25, -0.2) is 4.79 Å². The van der Waals surface area contributed by atoms with Gasteiger partial charge in [0, 0.05) is 55.9 Å². The highest BCUT2D eigenvalue weighted by Crippen LogP contribution is 2.31. The van der Waals surface area contributed by atoms with Gasteiger partial charge in [-0.05, 0) is 107 Å². The van der Waals surface area contributed by atoms with E-state index in [2.05, 4.69) is 10.6 Å². The molecule has 4 N–H and O–H groups in total. The predicted molar refractivity (Wildman–Crippen MR) is 182 cm³/mol. The summed E-state index contributed by atoms with van der Waals surface area (Å²) in [7, 11) is 3.34. The Labute approximate surface area is 285 Å². The van der Waals surface area contributed by atoms with Gasteiger partial charge in [0.05, 0.1) is 0 Å². The molecule has 1 fully saturated rings. The van der Waals surface area contributed by atoms with E-state index in [-0.39, 0.29) is 45.9 Å². The molecule has 0 radical (unpaired) electrons. The van der Waals surface area contributed by atoms with Crippen molar-refractivity contribution < 1.29 is 38.6 Å². The van der Waals surface area contributed by atoms with E-state index < -0.39 is 17.6 Å². The Morgan fingerprint density at radius 3 is 1.65 bits per heavy atom. The standard InChI is InChI=1S/C36H43N5O8/c1-22(42)41(46)32(37)23-7-15-28(16-8-23)47-30-19-25(20-31(21-30)48-29-17-9-24(10-18-29)34(44)40(5)6)33(43)38-26-11-13-27(14-12-26)39-35(45)49-36(2,3)4/h7-10,15-21,26-27,37,46H,11-14H2,1-6H3,(H,38,43)(H,39,45). The van der Waals surface area contributed by atoms with Crippen LogP contribution in [0.1, 0.15) is 79.7 Å². The Balaban J connectivity index is 1.50. The average molecular weight is 674 g/mol. The number of hydrogen-bond acceptors (Lipinski definition) is 9. The summed E-state index contributed by atoms with van der Waals surface area (Å²) in [6, 6.07) is 17.4. The van der Waals surface area contributed by atoms with Crippen molar-refractivity contribution in [3.63, 3.8) is 0 Å². The fraction of sp³-hybridized carbons (Fsp3) is 0.361. The van der Waals surface area contributed by atoms with Crippen LogP contribution in [0.15, 0.2) is 66.7 Å². The Kier molecular flexibility index (Phi) is 11.6. The molecule has 0 saturated heterocycles. The molecule has 13 nitrogen and oxygen atoms in total. The number of carbonyl (C=O) groups excluding carboxylic acids is 4. The lowest BCUT2D eigenvalue weighted by Gasteiger charge is -2.30. The van der Waals surface area contributed by atoms with Crippen LogP contribution in [0, 0.1) is 5.41 Å². The molecule has 4 amide bonds. The minimum atomic E-state index is -0.697. The molecule has 0 aliphatic heterocycles. The summed E-state index contributed by atoms with van der Waals surface area (Å²) in [6.45, 7) is 6.57. The lowest BCUT2D eigenvalue weighted by molar-refractivity contribution is -0.146. The molecular formula is C36H43N5O8. The molecule has 1 aliphatic rings. The number of rotatable bonds is 9. The van der Waals surface area contributed by atoms with Gasteiger partial charge in [0.25, 0.3) is 11.8 Å². The third-order valence-electron chi connectivity index (χ3n) is 7.54. The van der Waals surface area contributed by atoms with E-state index in [1.54, 1.807) is 68.7 Å². The van der Waals surface area contributed by atoms with Crippen molar-refractivity contribution in [1.29, 1.82) is 5.41 Å². The first-order valence-electron chi connectivity index (χ1n) is 15.9. The zero-order valence-electron chi connectivity index (χ0n) is 28.5. The van der Waals surface area contributed by atoms with E-state index in [1.807, 2.05) is 20.8 Å². The quantitative estimate of drug-likeness (QED) is 0.0914. The molecule has 3 aromatic carbocycles. The predicted octanol–water partition coefficient (Wildman–Crippen LogP) is 6.10. The topological polar surface area (TPSA) is 171 Å². The second-order valence-corrected chi connectivity index (χ2v) is 13.0. The van der Waals surface area contributed by atoms with Gasteiger partial charge in [0.2, 0.25) is 5.91 Å². The zero-order valence-corrected chi connectivity index (χ0v) is 28.5. The number of amidine groups is 1. The molecule has 13 heteroatoms. The van der Waals surface area contributed by atoms with Crippen molar-refractivity contribution >= 4 is 29.7 Å². The van der Waals surface area contributed by atoms with Crippen LogP contribution in [0.2, 0.25) is 0 Å². The molecule has 4 rings (SSSR count). The lowest BCUT2D eigenvalue weighted by atomic mass is 9.91. The number of carbonyl (C=O) groups is 4. The van der Waals surface area contributed by atoms with E-state index in [9.17, 15) is 24.4 Å². The van der Waals surface area contributed by atoms with Gasteiger partial charge >= 0.3 is 6.09 Å². The number of nitrogens with zero attached hydrogens (tertiary/aromatic N) is 2. The second-order valence-electron chi connectivity index (χ2n) is 13.0. The van der Waals surface area contributed by atoms with Gasteiger partial charge in [-0.1, -0.05) is 0 Å². The summed E-state index contributed by atoms with van der Waals surface area (Å²) in [5, 5.41) is 24.0. The fourth-order valence-electron chi connectivity index (χ4n) is 5.10. The van der Waals surface area contributed by atoms with E-state index in [1.165, 1.54) is 17.0 Å². The van der Waals surface area contributed by atoms with Gasteiger partial charge in [-0.15, -0.1) is 0 Å². The number of amides is 4. The highest BCUT2D eigenvalue weighted by atomic mass is 16.6. The first-order chi connectivity index (χ1) is 23.1. The maximum absolute atomic E-state index is 13.5. The van der Waals surface area contributed by atoms with Crippen molar-refractivity contribution in [2.75, 3.05) is 14.1 Å². The van der Waals surface area contributed by atoms with Gasteiger partial charge < -0.3 is 29.7 Å². The normalized spacial score (nSPS) is 15.7. The Morgan fingerprint density at radius 1 is 0.735 bits per heavy atom. The van der Waals surface area contributed by atoms with Crippen LogP contribution in [0.25, 0.3) is 0 Å². The van der Waals surface area contributed by atoms with Crippen LogP contribution in [0.3, 0.4) is 0 Å². The number of nitrogens with one attached hydrogen (secondary N) is 3. The summed E-state index contributed by atoms with van der Waals surface area (Å²) in [4.78, 5) is 50.9. The number of alkyl carbamates (subject to hydrolysis) is 1. The molecule has 3 aromatic rings. The van der Waals surface area contributed by atoms with Crippen LogP contribution in [-0.2, 0) is 9.53 Å². The molecule has 1 aliphatic carbocycles. The molecule has 49 heavy (non-hydrogen) atoms. The van der Waals surface area contributed by atoms with Crippen molar-refractivity contribution in [2.24, 2.45) is 0 Å². The maximum Gasteiger partial charge on any atom is 0.407 e. The highest BCUT2D eigenvalue weighted by molar-refractivity contribution is 6.04. The molecule has 0 bridgehead atoms. The largest absolute Gasteiger partial charge is 0.457 e. The van der Waals surface area contributed by atoms with E-state index in [0.29, 0.717) is 54.2 Å². The second kappa shape index (κ2) is 15.6. The smallest absolute Gasteiger partial charge is 0.407 e. The Morgan fingerprint density at radius 2 is 1.20 bits per heavy atom. The summed E-state index contributed by atoms with van der Waals surface area (Å²) < 4.78 is 17.5. The highest BCUT2D eigenvalue weighted by Gasteiger charge is 2.26. The van der Waals surface area contributed by atoms with Crippen molar-refractivity contribution in [3.05, 3.63) is 83.4 Å². The fourth-order valence-corrected chi connectivity index (χ4v) is 5.10. The third-order valence-corrected chi connectivity index (χ3v) is 7.54. The lowest BCUT2D eigenvalue weighted by Crippen LogP contribution is -2.45. The summed E-state index contributed by atoms with van der Waals surface area (Å²) >= 11 is 0. The molecule has 0 heterocycles. The summed E-state index contributed by atoms with van der Waals surface area (Å²) in [5.74, 6) is -0.144. The minimum Gasteiger partial charge on any atom is -0.457 e. The number of benzene rings is 3. The number of ether oxygens (including phenoxy) is 3. The monoisotopic (exact) mass is 673 g/mol. The number of hydrogen-bond donors (Lipinski definition) is 4. The van der Waals surface area contributed by atoms with Crippen LogP contribution < -0.4 is 20.1 Å². The number of hydroxylamine groups is 2. The van der Waals surface area contributed by atoms with Crippen molar-refractivity contribution in [3.8, 4) is 23.0 Å². The van der Waals surface area contributed by atoms with E-state index >= 15 is 0 Å². The molecule has 260 valence electrons. The maximum atomic E-state index is 13.5. The van der Waals surface area contributed by atoms with Gasteiger partial charge in [0.15, 0.2) is 5.84 Å². The van der Waals surface area contributed by atoms with Crippen LogP contribution in [0.5, 0.6) is 23.0 Å². The Bertz CT molecular complexity index is 1670.